The standard InChI is InChI=1S/C17H17ClN2O3/c1-11-8-17(2,23-16(11)22)15-4-3-13(18)7-14(15)12-9-19-20(10-12)5-6-21/h3-4,7,9-10,21H,1,5-6,8H2,2H3. The Morgan fingerprint density at radius 3 is 2.96 bits per heavy atom. The van der Waals surface area contributed by atoms with E-state index in [0.717, 1.165) is 16.7 Å². The van der Waals surface area contributed by atoms with Crippen LogP contribution in [0.4, 0.5) is 0 Å². The number of aromatic nitrogens is 2. The second-order valence-corrected chi connectivity index (χ2v) is 6.24. The van der Waals surface area contributed by atoms with Gasteiger partial charge in [0.05, 0.1) is 19.3 Å². The van der Waals surface area contributed by atoms with Crippen molar-refractivity contribution in [3.8, 4) is 11.1 Å². The van der Waals surface area contributed by atoms with Crippen molar-refractivity contribution in [2.24, 2.45) is 0 Å². The van der Waals surface area contributed by atoms with Crippen LogP contribution in [0.25, 0.3) is 11.1 Å². The molecule has 1 fully saturated rings. The lowest BCUT2D eigenvalue weighted by Gasteiger charge is -2.25. The summed E-state index contributed by atoms with van der Waals surface area (Å²) in [6, 6.07) is 5.48. The minimum absolute atomic E-state index is 0.0126. The lowest BCUT2D eigenvalue weighted by atomic mass is 9.86. The third-order valence-corrected chi connectivity index (χ3v) is 4.22. The number of aliphatic hydroxyl groups excluding tert-OH is 1. The molecule has 0 bridgehead atoms. The molecule has 1 unspecified atom stereocenters. The lowest BCUT2D eigenvalue weighted by molar-refractivity contribution is -0.145. The number of aliphatic hydroxyl groups is 1. The summed E-state index contributed by atoms with van der Waals surface area (Å²) < 4.78 is 7.21. The molecule has 1 saturated heterocycles. The summed E-state index contributed by atoms with van der Waals surface area (Å²) in [5.41, 5.74) is 2.26. The van der Waals surface area contributed by atoms with Crippen molar-refractivity contribution >= 4 is 17.6 Å². The predicted molar refractivity (Wildman–Crippen MR) is 87.0 cm³/mol. The normalized spacial score (nSPS) is 20.8. The third-order valence-electron chi connectivity index (χ3n) is 3.98. The molecule has 0 saturated carbocycles. The zero-order valence-corrected chi connectivity index (χ0v) is 13.5. The van der Waals surface area contributed by atoms with Crippen LogP contribution in [-0.4, -0.2) is 27.5 Å². The van der Waals surface area contributed by atoms with Gasteiger partial charge >= 0.3 is 5.97 Å². The van der Waals surface area contributed by atoms with E-state index in [2.05, 4.69) is 11.7 Å². The Morgan fingerprint density at radius 1 is 1.52 bits per heavy atom. The van der Waals surface area contributed by atoms with Crippen molar-refractivity contribution in [3.63, 3.8) is 0 Å². The summed E-state index contributed by atoms with van der Waals surface area (Å²) in [6.07, 6.45) is 3.98. The van der Waals surface area contributed by atoms with E-state index in [4.69, 9.17) is 21.4 Å². The van der Waals surface area contributed by atoms with Gasteiger partial charge in [-0.3, -0.25) is 4.68 Å². The first-order chi connectivity index (χ1) is 10.9. The van der Waals surface area contributed by atoms with E-state index in [1.54, 1.807) is 16.9 Å². The monoisotopic (exact) mass is 332 g/mol. The van der Waals surface area contributed by atoms with E-state index in [-0.39, 0.29) is 12.6 Å². The van der Waals surface area contributed by atoms with Gasteiger partial charge in [-0.1, -0.05) is 24.2 Å². The Kier molecular flexibility index (Phi) is 4.00. The fourth-order valence-corrected chi connectivity index (χ4v) is 3.06. The fourth-order valence-electron chi connectivity index (χ4n) is 2.89. The van der Waals surface area contributed by atoms with Crippen LogP contribution < -0.4 is 0 Å². The van der Waals surface area contributed by atoms with Crippen LogP contribution in [0.2, 0.25) is 5.02 Å². The molecule has 120 valence electrons. The molecule has 1 aromatic heterocycles. The van der Waals surface area contributed by atoms with E-state index < -0.39 is 5.60 Å². The molecule has 3 rings (SSSR count). The molecule has 2 aromatic rings. The Bertz CT molecular complexity index is 766. The topological polar surface area (TPSA) is 64.3 Å². The number of carbonyl (C=O) groups is 1. The summed E-state index contributed by atoms with van der Waals surface area (Å²) in [7, 11) is 0. The van der Waals surface area contributed by atoms with Gasteiger partial charge in [0.25, 0.3) is 0 Å². The molecule has 1 aromatic carbocycles. The summed E-state index contributed by atoms with van der Waals surface area (Å²) in [5.74, 6) is -0.371. The summed E-state index contributed by atoms with van der Waals surface area (Å²) in [5, 5.41) is 13.8. The smallest absolute Gasteiger partial charge is 0.334 e. The van der Waals surface area contributed by atoms with E-state index in [9.17, 15) is 4.79 Å². The van der Waals surface area contributed by atoms with Gasteiger partial charge in [-0.05, 0) is 24.6 Å². The highest BCUT2D eigenvalue weighted by molar-refractivity contribution is 6.30. The van der Waals surface area contributed by atoms with E-state index >= 15 is 0 Å². The SMILES string of the molecule is C=C1CC(C)(c2ccc(Cl)cc2-c2cnn(CCO)c2)OC1=O. The number of nitrogens with zero attached hydrogens (tertiary/aromatic N) is 2. The number of esters is 1. The van der Waals surface area contributed by atoms with Crippen LogP contribution in [0.5, 0.6) is 0 Å². The van der Waals surface area contributed by atoms with Crippen molar-refractivity contribution in [2.75, 3.05) is 6.61 Å². The number of hydrogen-bond acceptors (Lipinski definition) is 4. The predicted octanol–water partition coefficient (Wildman–Crippen LogP) is 2.91. The first-order valence-corrected chi connectivity index (χ1v) is 7.65. The van der Waals surface area contributed by atoms with Crippen LogP contribution >= 0.6 is 11.6 Å². The van der Waals surface area contributed by atoms with Gasteiger partial charge in [0, 0.05) is 34.3 Å². The van der Waals surface area contributed by atoms with Gasteiger partial charge in [-0.2, -0.15) is 5.10 Å². The van der Waals surface area contributed by atoms with Gasteiger partial charge in [0.2, 0.25) is 0 Å². The van der Waals surface area contributed by atoms with Crippen LogP contribution in [0, 0.1) is 0 Å². The molecular formula is C17H17ClN2O3. The number of carbonyl (C=O) groups excluding carboxylic acids is 1. The first-order valence-electron chi connectivity index (χ1n) is 7.28. The molecular weight excluding hydrogens is 316 g/mol. The van der Waals surface area contributed by atoms with E-state index in [0.29, 0.717) is 23.6 Å². The molecule has 0 spiro atoms. The minimum atomic E-state index is -0.771. The lowest BCUT2D eigenvalue weighted by Crippen LogP contribution is -2.21. The molecule has 1 N–H and O–H groups in total. The summed E-state index contributed by atoms with van der Waals surface area (Å²) in [6.45, 7) is 6.06. The highest BCUT2D eigenvalue weighted by Gasteiger charge is 2.41. The zero-order chi connectivity index (χ0) is 16.6. The van der Waals surface area contributed by atoms with Crippen molar-refractivity contribution in [3.05, 3.63) is 53.3 Å². The second-order valence-electron chi connectivity index (χ2n) is 5.81. The van der Waals surface area contributed by atoms with E-state index in [1.807, 2.05) is 25.3 Å². The molecule has 0 radical (unpaired) electrons. The number of rotatable bonds is 4. The van der Waals surface area contributed by atoms with Gasteiger partial charge in [0.1, 0.15) is 5.60 Å². The van der Waals surface area contributed by atoms with Crippen molar-refractivity contribution in [1.29, 1.82) is 0 Å². The minimum Gasteiger partial charge on any atom is -0.451 e. The van der Waals surface area contributed by atoms with Gasteiger partial charge < -0.3 is 9.84 Å². The zero-order valence-electron chi connectivity index (χ0n) is 12.8. The Morgan fingerprint density at radius 2 is 2.30 bits per heavy atom. The number of ether oxygens (including phenoxy) is 1. The number of benzene rings is 1. The second kappa shape index (κ2) is 5.83. The van der Waals surface area contributed by atoms with Crippen LogP contribution in [-0.2, 0) is 21.7 Å². The molecule has 5 nitrogen and oxygen atoms in total. The fraction of sp³-hybridized carbons (Fsp3) is 0.294. The Labute approximate surface area is 139 Å². The summed E-state index contributed by atoms with van der Waals surface area (Å²) >= 11 is 6.15. The highest BCUT2D eigenvalue weighted by atomic mass is 35.5. The van der Waals surface area contributed by atoms with Gasteiger partial charge in [-0.15, -0.1) is 0 Å². The maximum Gasteiger partial charge on any atom is 0.334 e. The number of halogens is 1. The van der Waals surface area contributed by atoms with Crippen molar-refractivity contribution < 1.29 is 14.6 Å². The molecule has 23 heavy (non-hydrogen) atoms. The maximum atomic E-state index is 11.8. The summed E-state index contributed by atoms with van der Waals surface area (Å²) in [4.78, 5) is 11.8. The third kappa shape index (κ3) is 2.90. The van der Waals surface area contributed by atoms with Gasteiger partial charge in [0.15, 0.2) is 0 Å². The molecule has 1 aliphatic heterocycles. The number of cyclic esters (lactones) is 1. The highest BCUT2D eigenvalue weighted by Crippen LogP contribution is 2.43. The number of hydrogen-bond donors (Lipinski definition) is 1. The largest absolute Gasteiger partial charge is 0.451 e. The molecule has 6 heteroatoms. The van der Waals surface area contributed by atoms with Crippen molar-refractivity contribution in [2.45, 2.75) is 25.5 Å². The van der Waals surface area contributed by atoms with E-state index in [1.165, 1.54) is 0 Å². The average molecular weight is 333 g/mol. The molecule has 1 aliphatic rings. The van der Waals surface area contributed by atoms with Crippen LogP contribution in [0.1, 0.15) is 18.9 Å². The van der Waals surface area contributed by atoms with Crippen LogP contribution in [0.3, 0.4) is 0 Å². The maximum absolute atomic E-state index is 11.8. The Balaban J connectivity index is 2.08. The van der Waals surface area contributed by atoms with Crippen LogP contribution in [0.15, 0.2) is 42.7 Å². The molecule has 2 heterocycles. The van der Waals surface area contributed by atoms with Crippen molar-refractivity contribution in [1.82, 2.24) is 9.78 Å². The molecule has 0 amide bonds. The molecule has 0 aliphatic carbocycles. The quantitative estimate of drug-likeness (QED) is 0.690. The van der Waals surface area contributed by atoms with Gasteiger partial charge in [-0.25, -0.2) is 4.79 Å². The first kappa shape index (κ1) is 15.8. The average Bonchev–Trinajstić information content (AvgIpc) is 3.05. The Hall–Kier alpha value is -2.11. The molecule has 1 atom stereocenters.